The molecule has 0 saturated heterocycles. The number of anilines is 2. The van der Waals surface area contributed by atoms with Crippen molar-refractivity contribution >= 4 is 34.2 Å². The van der Waals surface area contributed by atoms with Crippen LogP contribution in [0.3, 0.4) is 0 Å². The van der Waals surface area contributed by atoms with Gasteiger partial charge in [-0.3, -0.25) is 20.4 Å². The van der Waals surface area contributed by atoms with Gasteiger partial charge in [-0.15, -0.1) is 11.3 Å². The molecule has 4 N–H and O–H groups in total. The molecule has 1 aliphatic heterocycles. The first-order valence-electron chi connectivity index (χ1n) is 11.2. The molecule has 2 aliphatic rings. The van der Waals surface area contributed by atoms with Gasteiger partial charge >= 0.3 is 6.03 Å². The van der Waals surface area contributed by atoms with Gasteiger partial charge in [-0.05, 0) is 54.9 Å². The number of amides is 3. The minimum atomic E-state index is -0.324. The first kappa shape index (κ1) is 23.2. The average molecular weight is 470 g/mol. The zero-order chi connectivity index (χ0) is 23.6. The third-order valence-corrected chi connectivity index (χ3v) is 6.62. The number of aryl methyl sites for hydroxylation is 2. The number of nitrogens with one attached hydrogen (secondary N) is 4. The van der Waals surface area contributed by atoms with Crippen molar-refractivity contribution in [3.8, 4) is 0 Å². The summed E-state index contributed by atoms with van der Waals surface area (Å²) in [5.41, 5.74) is 4.46. The van der Waals surface area contributed by atoms with Gasteiger partial charge in [0, 0.05) is 30.2 Å². The summed E-state index contributed by atoms with van der Waals surface area (Å²) < 4.78 is 0. The van der Waals surface area contributed by atoms with E-state index >= 15 is 0 Å². The monoisotopic (exact) mass is 469 g/mol. The maximum Gasteiger partial charge on any atom is 0.326 e. The van der Waals surface area contributed by atoms with E-state index in [4.69, 9.17) is 0 Å². The highest BCUT2D eigenvalue weighted by molar-refractivity contribution is 7.15. The molecule has 1 saturated carbocycles. The van der Waals surface area contributed by atoms with E-state index in [1.165, 1.54) is 11.3 Å². The highest BCUT2D eigenvalue weighted by Crippen LogP contribution is 2.30. The number of hydrogen-bond donors (Lipinski definition) is 4. The van der Waals surface area contributed by atoms with Crippen molar-refractivity contribution in [1.82, 2.24) is 25.7 Å². The smallest absolute Gasteiger partial charge is 0.310 e. The van der Waals surface area contributed by atoms with Gasteiger partial charge in [-0.2, -0.15) is 0 Å². The predicted octanol–water partition coefficient (Wildman–Crippen LogP) is 3.50. The standard InChI is InChI=1S/C23H31N7O2S/c1-23(2,3)17-12-19(30(4)29-17)27-21(32)28-22-25-13-16(33-22)8-5-14-9-10-24-18(11-14)26-20(31)15-6-7-15/h9-13,15,17,29H,5-8H2,1-4H3,(H,24,26,31)(H2,25,27,28,32). The Labute approximate surface area is 198 Å². The fraction of sp³-hybridized carbons (Fsp3) is 0.478. The summed E-state index contributed by atoms with van der Waals surface area (Å²) in [7, 11) is 1.88. The van der Waals surface area contributed by atoms with Crippen LogP contribution in [0.2, 0.25) is 0 Å². The van der Waals surface area contributed by atoms with Crippen LogP contribution < -0.4 is 21.4 Å². The Morgan fingerprint density at radius 1 is 1.18 bits per heavy atom. The number of pyridine rings is 1. The van der Waals surface area contributed by atoms with Gasteiger partial charge < -0.3 is 5.32 Å². The molecule has 2 aromatic heterocycles. The Hall–Kier alpha value is -2.98. The van der Waals surface area contributed by atoms with Gasteiger partial charge in [0.15, 0.2) is 5.13 Å². The molecule has 0 bridgehead atoms. The van der Waals surface area contributed by atoms with E-state index in [0.29, 0.717) is 16.8 Å². The largest absolute Gasteiger partial charge is 0.326 e. The molecule has 1 fully saturated rings. The van der Waals surface area contributed by atoms with Gasteiger partial charge in [0.25, 0.3) is 0 Å². The van der Waals surface area contributed by atoms with Crippen LogP contribution in [0.25, 0.3) is 0 Å². The Bertz CT molecular complexity index is 1060. The fourth-order valence-electron chi connectivity index (χ4n) is 3.42. The summed E-state index contributed by atoms with van der Waals surface area (Å²) in [5.74, 6) is 1.52. The van der Waals surface area contributed by atoms with Crippen molar-refractivity contribution in [3.63, 3.8) is 0 Å². The normalized spacial score (nSPS) is 18.1. The number of aromatic nitrogens is 2. The van der Waals surface area contributed by atoms with Crippen LogP contribution in [0.5, 0.6) is 0 Å². The number of nitrogens with zero attached hydrogens (tertiary/aromatic N) is 3. The maximum absolute atomic E-state index is 12.4. The molecule has 0 spiro atoms. The maximum atomic E-state index is 12.4. The van der Waals surface area contributed by atoms with Crippen LogP contribution in [0.4, 0.5) is 15.7 Å². The van der Waals surface area contributed by atoms with Crippen LogP contribution in [0.15, 0.2) is 36.4 Å². The summed E-state index contributed by atoms with van der Waals surface area (Å²) in [5, 5.41) is 10.9. The molecule has 4 rings (SSSR count). The van der Waals surface area contributed by atoms with Crippen LogP contribution in [0, 0.1) is 11.3 Å². The molecule has 176 valence electrons. The summed E-state index contributed by atoms with van der Waals surface area (Å²) in [6.07, 6.45) is 9.03. The van der Waals surface area contributed by atoms with E-state index in [1.54, 1.807) is 12.4 Å². The van der Waals surface area contributed by atoms with Crippen molar-refractivity contribution < 1.29 is 9.59 Å². The van der Waals surface area contributed by atoms with E-state index < -0.39 is 0 Å². The lowest BCUT2D eigenvalue weighted by atomic mass is 9.87. The molecule has 0 aromatic carbocycles. The van der Waals surface area contributed by atoms with Crippen LogP contribution in [0.1, 0.15) is 44.1 Å². The zero-order valence-corrected chi connectivity index (χ0v) is 20.3. The molecule has 3 amide bonds. The molecule has 10 heteroatoms. The topological polar surface area (TPSA) is 111 Å². The highest BCUT2D eigenvalue weighted by atomic mass is 32.1. The number of carbonyl (C=O) groups is 2. The summed E-state index contributed by atoms with van der Waals surface area (Å²) >= 11 is 1.45. The second-order valence-corrected chi connectivity index (χ2v) is 10.7. The van der Waals surface area contributed by atoms with Crippen molar-refractivity contribution in [2.45, 2.75) is 52.5 Å². The molecule has 1 aliphatic carbocycles. The van der Waals surface area contributed by atoms with E-state index in [9.17, 15) is 9.59 Å². The minimum absolute atomic E-state index is 0.0385. The number of rotatable bonds is 7. The molecule has 9 nitrogen and oxygen atoms in total. The SMILES string of the molecule is CN1NC(C(C)(C)C)C=C1NC(=O)Nc1ncc(CCc2ccnc(NC(=O)C3CC3)c2)s1. The van der Waals surface area contributed by atoms with E-state index in [2.05, 4.69) is 52.1 Å². The fourth-order valence-corrected chi connectivity index (χ4v) is 4.23. The number of urea groups is 1. The quantitative estimate of drug-likeness (QED) is 0.494. The molecule has 1 atom stereocenters. The van der Waals surface area contributed by atoms with Crippen molar-refractivity contribution in [1.29, 1.82) is 0 Å². The molecule has 33 heavy (non-hydrogen) atoms. The van der Waals surface area contributed by atoms with Crippen molar-refractivity contribution in [3.05, 3.63) is 46.9 Å². The molecular formula is C23H31N7O2S. The lowest BCUT2D eigenvalue weighted by Gasteiger charge is -2.27. The third-order valence-electron chi connectivity index (χ3n) is 5.65. The van der Waals surface area contributed by atoms with Crippen LogP contribution in [-0.2, 0) is 17.6 Å². The molecular weight excluding hydrogens is 438 g/mol. The van der Waals surface area contributed by atoms with E-state index in [0.717, 1.165) is 36.1 Å². The summed E-state index contributed by atoms with van der Waals surface area (Å²) in [6, 6.07) is 3.68. The van der Waals surface area contributed by atoms with Gasteiger partial charge in [0.2, 0.25) is 5.91 Å². The zero-order valence-electron chi connectivity index (χ0n) is 19.4. The van der Waals surface area contributed by atoms with Crippen LogP contribution >= 0.6 is 11.3 Å². The first-order chi connectivity index (χ1) is 15.7. The van der Waals surface area contributed by atoms with Gasteiger partial charge in [0.1, 0.15) is 11.6 Å². The lowest BCUT2D eigenvalue weighted by Crippen LogP contribution is -2.43. The van der Waals surface area contributed by atoms with Crippen LogP contribution in [-0.4, -0.2) is 40.0 Å². The number of carbonyl (C=O) groups excluding carboxylic acids is 2. The van der Waals surface area contributed by atoms with Crippen molar-refractivity contribution in [2.75, 3.05) is 17.7 Å². The summed E-state index contributed by atoms with van der Waals surface area (Å²) in [6.45, 7) is 6.43. The van der Waals surface area contributed by atoms with Gasteiger partial charge in [-0.1, -0.05) is 20.8 Å². The number of hydrazine groups is 1. The third kappa shape index (κ3) is 6.29. The second-order valence-electron chi connectivity index (χ2n) is 9.61. The van der Waals surface area contributed by atoms with Gasteiger partial charge in [0.05, 0.1) is 6.04 Å². The van der Waals surface area contributed by atoms with Crippen molar-refractivity contribution in [2.24, 2.45) is 11.3 Å². The Morgan fingerprint density at radius 2 is 1.97 bits per heavy atom. The number of thiazole rings is 1. The predicted molar refractivity (Wildman–Crippen MR) is 129 cm³/mol. The van der Waals surface area contributed by atoms with E-state index in [-0.39, 0.29) is 29.3 Å². The van der Waals surface area contributed by atoms with Gasteiger partial charge in [-0.25, -0.2) is 20.2 Å². The summed E-state index contributed by atoms with van der Waals surface area (Å²) in [4.78, 5) is 34.0. The molecule has 1 unspecified atom stereocenters. The second kappa shape index (κ2) is 9.48. The Kier molecular flexibility index (Phi) is 6.66. The average Bonchev–Trinajstić information content (AvgIpc) is 3.41. The lowest BCUT2D eigenvalue weighted by molar-refractivity contribution is -0.117. The minimum Gasteiger partial charge on any atom is -0.310 e. The Morgan fingerprint density at radius 3 is 2.67 bits per heavy atom. The number of hydrogen-bond acceptors (Lipinski definition) is 7. The highest BCUT2D eigenvalue weighted by Gasteiger charge is 2.31. The molecule has 3 heterocycles. The molecule has 0 radical (unpaired) electrons. The Balaban J connectivity index is 1.27. The van der Waals surface area contributed by atoms with E-state index in [1.807, 2.05) is 30.3 Å². The first-order valence-corrected chi connectivity index (χ1v) is 12.0. The molecule has 2 aromatic rings.